The first-order valence-corrected chi connectivity index (χ1v) is 13.0. The van der Waals surface area contributed by atoms with Gasteiger partial charge < -0.3 is 30.0 Å². The first-order valence-electron chi connectivity index (χ1n) is 13.0. The van der Waals surface area contributed by atoms with Gasteiger partial charge in [0.05, 0.1) is 11.1 Å². The van der Waals surface area contributed by atoms with Crippen molar-refractivity contribution in [3.05, 3.63) is 29.3 Å². The van der Waals surface area contributed by atoms with E-state index in [1.165, 1.54) is 37.9 Å². The van der Waals surface area contributed by atoms with Crippen molar-refractivity contribution in [3.8, 4) is 5.75 Å². The second-order valence-electron chi connectivity index (χ2n) is 9.72. The summed E-state index contributed by atoms with van der Waals surface area (Å²) in [6, 6.07) is 3.71. The van der Waals surface area contributed by atoms with Crippen molar-refractivity contribution in [1.29, 1.82) is 0 Å². The van der Waals surface area contributed by atoms with Crippen LogP contribution in [0.2, 0.25) is 0 Å². The van der Waals surface area contributed by atoms with Gasteiger partial charge in [0, 0.05) is 33.6 Å². The van der Waals surface area contributed by atoms with E-state index in [0.29, 0.717) is 31.6 Å². The minimum atomic E-state index is -0.874. The number of rotatable bonds is 11. The number of carbonyl (C=O) groups excluding carboxylic acids is 5. The summed E-state index contributed by atoms with van der Waals surface area (Å²) in [4.78, 5) is 64.2. The van der Waals surface area contributed by atoms with Crippen LogP contribution in [0.4, 0.5) is 0 Å². The average Bonchev–Trinajstić information content (AvgIpc) is 2.95. The summed E-state index contributed by atoms with van der Waals surface area (Å²) in [6.07, 6.45) is 5.84. The molecule has 0 aliphatic carbocycles. The van der Waals surface area contributed by atoms with Gasteiger partial charge in [-0.3, -0.25) is 19.2 Å². The number of amides is 3. The lowest BCUT2D eigenvalue weighted by Gasteiger charge is -2.37. The van der Waals surface area contributed by atoms with Gasteiger partial charge in [-0.1, -0.05) is 6.07 Å². The fraction of sp³-hybridized carbons (Fsp3) is 0.593. The lowest BCUT2D eigenvalue weighted by atomic mass is 9.79. The Morgan fingerprint density at radius 2 is 1.81 bits per heavy atom. The molecule has 0 spiro atoms. The van der Waals surface area contributed by atoms with Crippen LogP contribution in [0.25, 0.3) is 0 Å². The zero-order chi connectivity index (χ0) is 26.8. The van der Waals surface area contributed by atoms with E-state index in [2.05, 4.69) is 10.6 Å². The van der Waals surface area contributed by atoms with Gasteiger partial charge in [0.25, 0.3) is 11.8 Å². The topological polar surface area (TPSA) is 125 Å². The molecule has 2 aliphatic rings. The van der Waals surface area contributed by atoms with Crippen LogP contribution in [0.5, 0.6) is 5.75 Å². The van der Waals surface area contributed by atoms with E-state index in [4.69, 9.17) is 4.74 Å². The number of aldehydes is 2. The summed E-state index contributed by atoms with van der Waals surface area (Å²) in [5, 5.41) is 5.90. The number of ether oxygens (including phenoxy) is 1. The van der Waals surface area contributed by atoms with Crippen molar-refractivity contribution in [1.82, 2.24) is 20.4 Å². The number of likely N-dealkylation sites (tertiary alicyclic amines) is 1. The standard InChI is InChI=1S/C27H38N4O6/c1-28-26(35)23(6-4-16-32)30(2)27(36)21-5-3-7-24(22(21)17-33)37-18-25(34)31-14-10-20(11-15-31)19-8-12-29-13-9-19/h3,5,7,16-17,19-20,23,29H,4,6,8-15,18H2,1-2H3,(H,28,35). The number of carbonyl (C=O) groups is 5. The predicted molar refractivity (Wildman–Crippen MR) is 137 cm³/mol. The Labute approximate surface area is 218 Å². The minimum absolute atomic E-state index is 0.0165. The highest BCUT2D eigenvalue weighted by molar-refractivity contribution is 6.04. The number of benzene rings is 1. The van der Waals surface area contributed by atoms with Crippen LogP contribution < -0.4 is 15.4 Å². The van der Waals surface area contributed by atoms with Crippen LogP contribution in [-0.4, -0.2) is 93.0 Å². The first-order chi connectivity index (χ1) is 17.9. The Morgan fingerprint density at radius 1 is 1.14 bits per heavy atom. The van der Waals surface area contributed by atoms with Crippen LogP contribution in [0, 0.1) is 11.8 Å². The number of nitrogens with one attached hydrogen (secondary N) is 2. The van der Waals surface area contributed by atoms with Gasteiger partial charge in [0.1, 0.15) is 18.1 Å². The number of nitrogens with zero attached hydrogens (tertiary/aromatic N) is 2. The minimum Gasteiger partial charge on any atom is -0.483 e. The Bertz CT molecular complexity index is 970. The van der Waals surface area contributed by atoms with E-state index in [-0.39, 0.29) is 42.2 Å². The zero-order valence-corrected chi connectivity index (χ0v) is 21.7. The Morgan fingerprint density at radius 3 is 2.43 bits per heavy atom. The van der Waals surface area contributed by atoms with Crippen molar-refractivity contribution in [2.45, 2.75) is 44.6 Å². The molecule has 1 atom stereocenters. The molecule has 0 saturated carbocycles. The van der Waals surface area contributed by atoms with E-state index in [0.717, 1.165) is 31.8 Å². The maximum atomic E-state index is 13.2. The van der Waals surface area contributed by atoms with Crippen LogP contribution in [-0.2, 0) is 14.4 Å². The highest BCUT2D eigenvalue weighted by Crippen LogP contribution is 2.31. The Hall–Kier alpha value is -3.27. The zero-order valence-electron chi connectivity index (χ0n) is 21.7. The van der Waals surface area contributed by atoms with Crippen LogP contribution in [0.1, 0.15) is 59.2 Å². The fourth-order valence-electron chi connectivity index (χ4n) is 5.37. The van der Waals surface area contributed by atoms with E-state index in [1.807, 2.05) is 4.90 Å². The predicted octanol–water partition coefficient (Wildman–Crippen LogP) is 1.28. The van der Waals surface area contributed by atoms with Gasteiger partial charge in [-0.2, -0.15) is 0 Å². The van der Waals surface area contributed by atoms with E-state index in [1.54, 1.807) is 12.1 Å². The lowest BCUT2D eigenvalue weighted by molar-refractivity contribution is -0.135. The van der Waals surface area contributed by atoms with E-state index in [9.17, 15) is 24.0 Å². The third-order valence-electron chi connectivity index (χ3n) is 7.60. The van der Waals surface area contributed by atoms with Crippen LogP contribution in [0.3, 0.4) is 0 Å². The van der Waals surface area contributed by atoms with E-state index < -0.39 is 17.9 Å². The molecule has 3 amide bonds. The number of hydrogen-bond donors (Lipinski definition) is 2. The van der Waals surface area contributed by atoms with Crippen molar-refractivity contribution < 1.29 is 28.7 Å². The molecule has 3 rings (SSSR count). The highest BCUT2D eigenvalue weighted by atomic mass is 16.5. The molecule has 1 aromatic carbocycles. The Kier molecular flexibility index (Phi) is 10.6. The van der Waals surface area contributed by atoms with Crippen molar-refractivity contribution >= 4 is 30.3 Å². The van der Waals surface area contributed by atoms with Gasteiger partial charge in [-0.05, 0) is 69.2 Å². The second-order valence-corrected chi connectivity index (χ2v) is 9.72. The van der Waals surface area contributed by atoms with Gasteiger partial charge in [-0.25, -0.2) is 0 Å². The van der Waals surface area contributed by atoms with Gasteiger partial charge in [0.2, 0.25) is 5.91 Å². The maximum absolute atomic E-state index is 13.2. The smallest absolute Gasteiger partial charge is 0.260 e. The largest absolute Gasteiger partial charge is 0.483 e. The van der Waals surface area contributed by atoms with E-state index >= 15 is 0 Å². The molecule has 202 valence electrons. The third kappa shape index (κ3) is 7.15. The molecule has 10 heteroatoms. The molecular weight excluding hydrogens is 476 g/mol. The molecule has 2 saturated heterocycles. The average molecular weight is 515 g/mol. The normalized spacial score (nSPS) is 17.5. The van der Waals surface area contributed by atoms with Gasteiger partial charge in [0.15, 0.2) is 12.9 Å². The molecule has 0 aromatic heterocycles. The summed E-state index contributed by atoms with van der Waals surface area (Å²) in [7, 11) is 2.90. The molecule has 2 heterocycles. The Balaban J connectivity index is 1.62. The van der Waals surface area contributed by atoms with Crippen molar-refractivity contribution in [3.63, 3.8) is 0 Å². The molecule has 0 radical (unpaired) electrons. The summed E-state index contributed by atoms with van der Waals surface area (Å²) in [6.45, 7) is 3.30. The fourth-order valence-corrected chi connectivity index (χ4v) is 5.37. The quantitative estimate of drug-likeness (QED) is 0.426. The van der Waals surface area contributed by atoms with Gasteiger partial charge in [-0.15, -0.1) is 0 Å². The van der Waals surface area contributed by atoms with Crippen molar-refractivity contribution in [2.75, 3.05) is 46.9 Å². The molecule has 1 unspecified atom stereocenters. The molecule has 37 heavy (non-hydrogen) atoms. The molecule has 10 nitrogen and oxygen atoms in total. The van der Waals surface area contributed by atoms with Crippen LogP contribution in [0.15, 0.2) is 18.2 Å². The first kappa shape index (κ1) is 28.3. The number of hydrogen-bond acceptors (Lipinski definition) is 7. The summed E-state index contributed by atoms with van der Waals surface area (Å²) >= 11 is 0. The monoisotopic (exact) mass is 514 g/mol. The van der Waals surface area contributed by atoms with Crippen LogP contribution >= 0.6 is 0 Å². The molecule has 2 fully saturated rings. The SMILES string of the molecule is CNC(=O)C(CCC=O)N(C)C(=O)c1cccc(OCC(=O)N2CCC(C3CCNCC3)CC2)c1C=O. The highest BCUT2D eigenvalue weighted by Gasteiger charge is 2.31. The number of likely N-dealkylation sites (N-methyl/N-ethyl adjacent to an activating group) is 2. The summed E-state index contributed by atoms with van der Waals surface area (Å²) < 4.78 is 5.72. The second kappa shape index (κ2) is 13.9. The van der Waals surface area contributed by atoms with Crippen molar-refractivity contribution in [2.24, 2.45) is 11.8 Å². The number of piperidine rings is 2. The molecule has 0 bridgehead atoms. The summed E-state index contributed by atoms with van der Waals surface area (Å²) in [5.41, 5.74) is 0.0769. The lowest BCUT2D eigenvalue weighted by Crippen LogP contribution is -2.47. The maximum Gasteiger partial charge on any atom is 0.260 e. The molecule has 1 aromatic rings. The summed E-state index contributed by atoms with van der Waals surface area (Å²) in [5.74, 6) is 0.397. The molecular formula is C27H38N4O6. The molecule has 2 N–H and O–H groups in total. The third-order valence-corrected chi connectivity index (χ3v) is 7.60. The van der Waals surface area contributed by atoms with Gasteiger partial charge >= 0.3 is 0 Å². The molecule has 2 aliphatic heterocycles.